The Morgan fingerprint density at radius 1 is 1.05 bits per heavy atom. The maximum Gasteiger partial charge on any atom is 1.00 e. The summed E-state index contributed by atoms with van der Waals surface area (Å²) in [5.74, 6) is -0.360. The number of aromatic carboxylic acids is 1. The molecule has 2 nitrogen and oxygen atoms in total. The van der Waals surface area contributed by atoms with E-state index < -0.39 is 5.97 Å². The molecule has 0 amide bonds. The molecule has 0 bridgehead atoms. The summed E-state index contributed by atoms with van der Waals surface area (Å²) in [5, 5.41) is 11.3. The number of halogens is 1. The SMILES string of the molecule is O=C([O-])c1ccc(CSc2ccc(Cl)cc2)cc1.[Na+]. The smallest absolute Gasteiger partial charge is 0.545 e. The third-order valence-corrected chi connectivity index (χ3v) is 3.74. The van der Waals surface area contributed by atoms with Crippen molar-refractivity contribution in [1.82, 2.24) is 0 Å². The molecule has 0 aliphatic heterocycles. The van der Waals surface area contributed by atoms with Crippen LogP contribution in [0.2, 0.25) is 5.02 Å². The molecule has 0 aliphatic rings. The van der Waals surface area contributed by atoms with Crippen LogP contribution in [-0.2, 0) is 5.75 Å². The zero-order valence-corrected chi connectivity index (χ0v) is 14.0. The molecule has 92 valence electrons. The van der Waals surface area contributed by atoms with E-state index in [4.69, 9.17) is 11.6 Å². The third kappa shape index (κ3) is 5.21. The molecule has 0 saturated heterocycles. The maximum absolute atomic E-state index is 10.6. The van der Waals surface area contributed by atoms with Gasteiger partial charge in [0.25, 0.3) is 0 Å². The Labute approximate surface area is 143 Å². The average molecular weight is 301 g/mol. The van der Waals surface area contributed by atoms with Gasteiger partial charge in [0.1, 0.15) is 0 Å². The van der Waals surface area contributed by atoms with Crippen molar-refractivity contribution in [3.05, 3.63) is 64.7 Å². The van der Waals surface area contributed by atoms with Gasteiger partial charge in [-0.2, -0.15) is 0 Å². The molecule has 2 aromatic rings. The normalized spacial score (nSPS) is 9.74. The summed E-state index contributed by atoms with van der Waals surface area (Å²) in [6.45, 7) is 0. The number of hydrogen-bond acceptors (Lipinski definition) is 3. The number of thioether (sulfide) groups is 1. The molecular formula is C14H10ClNaO2S. The van der Waals surface area contributed by atoms with Crippen molar-refractivity contribution in [2.75, 3.05) is 0 Å². The van der Waals surface area contributed by atoms with Gasteiger partial charge in [-0.1, -0.05) is 35.9 Å². The van der Waals surface area contributed by atoms with Gasteiger partial charge in [-0.15, -0.1) is 11.8 Å². The molecule has 0 aliphatic carbocycles. The summed E-state index contributed by atoms with van der Waals surface area (Å²) < 4.78 is 0. The molecule has 5 heteroatoms. The summed E-state index contributed by atoms with van der Waals surface area (Å²) in [5.41, 5.74) is 1.27. The van der Waals surface area contributed by atoms with Gasteiger partial charge in [0.05, 0.1) is 5.97 Å². The van der Waals surface area contributed by atoms with Crippen LogP contribution in [0.1, 0.15) is 15.9 Å². The largest absolute Gasteiger partial charge is 1.00 e. The van der Waals surface area contributed by atoms with Crippen molar-refractivity contribution in [2.24, 2.45) is 0 Å². The Morgan fingerprint density at radius 3 is 2.16 bits per heavy atom. The number of carboxylic acids is 1. The number of benzene rings is 2. The summed E-state index contributed by atoms with van der Waals surface area (Å²) in [7, 11) is 0. The summed E-state index contributed by atoms with van der Waals surface area (Å²) >= 11 is 7.48. The molecule has 0 spiro atoms. The van der Waals surface area contributed by atoms with Crippen LogP contribution in [-0.4, -0.2) is 5.97 Å². The molecule has 0 atom stereocenters. The van der Waals surface area contributed by atoms with Gasteiger partial charge in [0, 0.05) is 15.7 Å². The van der Waals surface area contributed by atoms with Crippen molar-refractivity contribution in [3.63, 3.8) is 0 Å². The Hall–Kier alpha value is -0.450. The molecule has 2 rings (SSSR count). The molecule has 0 unspecified atom stereocenters. The monoisotopic (exact) mass is 300 g/mol. The van der Waals surface area contributed by atoms with Crippen LogP contribution in [0.15, 0.2) is 53.4 Å². The Kier molecular flexibility index (Phi) is 6.97. The van der Waals surface area contributed by atoms with E-state index in [9.17, 15) is 9.90 Å². The zero-order valence-electron chi connectivity index (χ0n) is 10.4. The zero-order chi connectivity index (χ0) is 13.0. The summed E-state index contributed by atoms with van der Waals surface area (Å²) in [4.78, 5) is 11.7. The average Bonchev–Trinajstić information content (AvgIpc) is 2.38. The van der Waals surface area contributed by atoms with Gasteiger partial charge in [-0.3, -0.25) is 0 Å². The predicted octanol–water partition coefficient (Wildman–Crippen LogP) is -0.000200. The first-order chi connectivity index (χ1) is 8.65. The minimum atomic E-state index is -1.15. The number of carbonyl (C=O) groups excluding carboxylic acids is 1. The van der Waals surface area contributed by atoms with E-state index >= 15 is 0 Å². The number of carboxylic acid groups (broad SMARTS) is 1. The minimum Gasteiger partial charge on any atom is -0.545 e. The summed E-state index contributed by atoms with van der Waals surface area (Å²) in [6.07, 6.45) is 0. The van der Waals surface area contributed by atoms with Gasteiger partial charge < -0.3 is 9.90 Å². The van der Waals surface area contributed by atoms with E-state index in [1.54, 1.807) is 36.0 Å². The van der Waals surface area contributed by atoms with E-state index in [0.29, 0.717) is 0 Å². The van der Waals surface area contributed by atoms with Crippen LogP contribution >= 0.6 is 23.4 Å². The first kappa shape index (κ1) is 16.6. The number of rotatable bonds is 4. The molecular weight excluding hydrogens is 291 g/mol. The van der Waals surface area contributed by atoms with E-state index in [2.05, 4.69) is 0 Å². The fraction of sp³-hybridized carbons (Fsp3) is 0.0714. The van der Waals surface area contributed by atoms with Crippen molar-refractivity contribution < 1.29 is 39.5 Å². The number of carbonyl (C=O) groups is 1. The van der Waals surface area contributed by atoms with E-state index in [1.807, 2.05) is 24.3 Å². The fourth-order valence-corrected chi connectivity index (χ4v) is 2.41. The molecule has 0 aromatic heterocycles. The van der Waals surface area contributed by atoms with Gasteiger partial charge >= 0.3 is 29.6 Å². The second-order valence-corrected chi connectivity index (χ2v) is 5.21. The third-order valence-electron chi connectivity index (χ3n) is 2.41. The van der Waals surface area contributed by atoms with E-state index in [1.165, 1.54) is 0 Å². The Bertz CT molecular complexity index is 540. The molecule has 19 heavy (non-hydrogen) atoms. The Morgan fingerprint density at radius 2 is 1.63 bits per heavy atom. The fourth-order valence-electron chi connectivity index (χ4n) is 1.43. The second-order valence-electron chi connectivity index (χ2n) is 3.73. The topological polar surface area (TPSA) is 40.1 Å². The second kappa shape index (κ2) is 7.98. The van der Waals surface area contributed by atoms with Crippen LogP contribution < -0.4 is 34.7 Å². The van der Waals surface area contributed by atoms with Crippen LogP contribution in [0.3, 0.4) is 0 Å². The van der Waals surface area contributed by atoms with Crippen LogP contribution in [0, 0.1) is 0 Å². The van der Waals surface area contributed by atoms with Crippen LogP contribution in [0.4, 0.5) is 0 Å². The standard InChI is InChI=1S/C14H11ClO2S.Na/c15-12-5-7-13(8-6-12)18-9-10-1-3-11(4-2-10)14(16)17;/h1-8H,9H2,(H,16,17);/q;+1/p-1. The number of hydrogen-bond donors (Lipinski definition) is 0. The quantitative estimate of drug-likeness (QED) is 0.589. The van der Waals surface area contributed by atoms with Crippen molar-refractivity contribution in [2.45, 2.75) is 10.6 Å². The van der Waals surface area contributed by atoms with Gasteiger partial charge in [-0.05, 0) is 35.4 Å². The molecule has 0 radical (unpaired) electrons. The maximum atomic E-state index is 10.6. The summed E-state index contributed by atoms with van der Waals surface area (Å²) in [6, 6.07) is 14.3. The van der Waals surface area contributed by atoms with E-state index in [0.717, 1.165) is 21.2 Å². The molecule has 0 fully saturated rings. The molecule has 0 N–H and O–H groups in total. The Balaban J connectivity index is 0.00000180. The van der Waals surface area contributed by atoms with Crippen LogP contribution in [0.5, 0.6) is 0 Å². The van der Waals surface area contributed by atoms with Gasteiger partial charge in [0.2, 0.25) is 0 Å². The molecule has 0 saturated carbocycles. The first-order valence-corrected chi connectivity index (χ1v) is 6.70. The van der Waals surface area contributed by atoms with Gasteiger partial charge in [-0.25, -0.2) is 0 Å². The van der Waals surface area contributed by atoms with Gasteiger partial charge in [0.15, 0.2) is 0 Å². The van der Waals surface area contributed by atoms with Crippen molar-refractivity contribution >= 4 is 29.3 Å². The molecule has 0 heterocycles. The van der Waals surface area contributed by atoms with Crippen LogP contribution in [0.25, 0.3) is 0 Å². The molecule has 2 aromatic carbocycles. The first-order valence-electron chi connectivity index (χ1n) is 5.34. The van der Waals surface area contributed by atoms with Crippen molar-refractivity contribution in [3.8, 4) is 0 Å². The van der Waals surface area contributed by atoms with Crippen molar-refractivity contribution in [1.29, 1.82) is 0 Å². The minimum absolute atomic E-state index is 0. The van der Waals surface area contributed by atoms with E-state index in [-0.39, 0.29) is 35.1 Å². The predicted molar refractivity (Wildman–Crippen MR) is 71.8 cm³/mol.